The van der Waals surface area contributed by atoms with Gasteiger partial charge in [-0.2, -0.15) is 0 Å². The largest absolute Gasteiger partial charge is 0.366 e. The molecule has 0 fully saturated rings. The van der Waals surface area contributed by atoms with Crippen LogP contribution >= 0.6 is 0 Å². The number of allylic oxidation sites excluding steroid dienone is 1. The van der Waals surface area contributed by atoms with Gasteiger partial charge in [-0.25, -0.2) is 13.1 Å². The van der Waals surface area contributed by atoms with Gasteiger partial charge in [-0.1, -0.05) is 11.6 Å². The van der Waals surface area contributed by atoms with Crippen molar-refractivity contribution in [2.75, 3.05) is 6.54 Å². The van der Waals surface area contributed by atoms with Crippen LogP contribution in [0.4, 0.5) is 0 Å². The molecule has 3 N–H and O–H groups in total. The maximum atomic E-state index is 12.1. The van der Waals surface area contributed by atoms with Crippen LogP contribution in [-0.2, 0) is 10.0 Å². The Morgan fingerprint density at radius 3 is 2.48 bits per heavy atom. The van der Waals surface area contributed by atoms with Gasteiger partial charge in [-0.05, 0) is 56.4 Å². The molecule has 2 rings (SSSR count). The number of benzene rings is 1. The van der Waals surface area contributed by atoms with E-state index in [-0.39, 0.29) is 4.90 Å². The van der Waals surface area contributed by atoms with Crippen LogP contribution in [0.2, 0.25) is 0 Å². The summed E-state index contributed by atoms with van der Waals surface area (Å²) in [5.41, 5.74) is 6.75. The topological polar surface area (TPSA) is 89.3 Å². The highest BCUT2D eigenvalue weighted by Crippen LogP contribution is 2.19. The summed E-state index contributed by atoms with van der Waals surface area (Å²) < 4.78 is 26.8. The lowest BCUT2D eigenvalue weighted by Gasteiger charge is -2.13. The Bertz CT molecular complexity index is 633. The molecule has 6 heteroatoms. The summed E-state index contributed by atoms with van der Waals surface area (Å²) in [6.07, 6.45) is 7.53. The fourth-order valence-corrected chi connectivity index (χ4v) is 3.39. The summed E-state index contributed by atoms with van der Waals surface area (Å²) in [6, 6.07) is 5.62. The van der Waals surface area contributed by atoms with Crippen LogP contribution in [0, 0.1) is 0 Å². The molecule has 1 amide bonds. The van der Waals surface area contributed by atoms with E-state index in [2.05, 4.69) is 10.8 Å². The van der Waals surface area contributed by atoms with Crippen molar-refractivity contribution in [2.24, 2.45) is 5.73 Å². The fourth-order valence-electron chi connectivity index (χ4n) is 2.36. The monoisotopic (exact) mass is 308 g/mol. The van der Waals surface area contributed by atoms with Gasteiger partial charge in [0.25, 0.3) is 0 Å². The quantitative estimate of drug-likeness (QED) is 0.787. The molecule has 1 aromatic rings. The van der Waals surface area contributed by atoms with Crippen LogP contribution < -0.4 is 10.5 Å². The zero-order valence-corrected chi connectivity index (χ0v) is 12.7. The van der Waals surface area contributed by atoms with Gasteiger partial charge >= 0.3 is 0 Å². The zero-order chi connectivity index (χ0) is 15.3. The van der Waals surface area contributed by atoms with Crippen molar-refractivity contribution < 1.29 is 13.2 Å². The second-order valence-corrected chi connectivity index (χ2v) is 6.91. The Morgan fingerprint density at radius 2 is 1.90 bits per heavy atom. The Morgan fingerprint density at radius 1 is 1.19 bits per heavy atom. The number of nitrogens with one attached hydrogen (secondary N) is 1. The first-order chi connectivity index (χ1) is 9.99. The van der Waals surface area contributed by atoms with Gasteiger partial charge < -0.3 is 5.73 Å². The predicted octanol–water partition coefficient (Wildman–Crippen LogP) is 1.95. The van der Waals surface area contributed by atoms with Gasteiger partial charge in [0.05, 0.1) is 4.90 Å². The minimum absolute atomic E-state index is 0.144. The molecule has 1 aliphatic rings. The lowest BCUT2D eigenvalue weighted by atomic mass is 9.97. The number of primary amides is 1. The van der Waals surface area contributed by atoms with Gasteiger partial charge in [0, 0.05) is 12.1 Å². The maximum Gasteiger partial charge on any atom is 0.248 e. The third-order valence-corrected chi connectivity index (χ3v) is 5.05. The van der Waals surface area contributed by atoms with E-state index in [0.29, 0.717) is 12.1 Å². The number of rotatable bonds is 6. The molecule has 0 aliphatic heterocycles. The van der Waals surface area contributed by atoms with Crippen molar-refractivity contribution in [3.63, 3.8) is 0 Å². The number of carbonyl (C=O) groups is 1. The molecule has 0 bridgehead atoms. The van der Waals surface area contributed by atoms with Crippen molar-refractivity contribution >= 4 is 15.9 Å². The highest BCUT2D eigenvalue weighted by atomic mass is 32.2. The molecule has 1 aliphatic carbocycles. The third kappa shape index (κ3) is 4.41. The molecule has 114 valence electrons. The van der Waals surface area contributed by atoms with Crippen molar-refractivity contribution in [3.05, 3.63) is 41.5 Å². The van der Waals surface area contributed by atoms with Crippen molar-refractivity contribution in [2.45, 2.75) is 37.0 Å². The molecular formula is C15H20N2O3S. The maximum absolute atomic E-state index is 12.1. The summed E-state index contributed by atoms with van der Waals surface area (Å²) in [7, 11) is -3.53. The molecule has 0 saturated carbocycles. The smallest absolute Gasteiger partial charge is 0.248 e. The molecule has 0 atom stereocenters. The van der Waals surface area contributed by atoms with Crippen LogP contribution in [0.1, 0.15) is 42.5 Å². The summed E-state index contributed by atoms with van der Waals surface area (Å²) in [4.78, 5) is 11.1. The van der Waals surface area contributed by atoms with E-state index in [0.717, 1.165) is 19.3 Å². The minimum Gasteiger partial charge on any atom is -0.366 e. The molecule has 0 radical (unpaired) electrons. The number of sulfonamides is 1. The first-order valence-corrected chi connectivity index (χ1v) is 8.55. The van der Waals surface area contributed by atoms with E-state index in [4.69, 9.17) is 5.73 Å². The number of nitrogens with two attached hydrogens (primary N) is 1. The van der Waals surface area contributed by atoms with Crippen LogP contribution in [0.15, 0.2) is 40.8 Å². The van der Waals surface area contributed by atoms with Crippen molar-refractivity contribution in [1.29, 1.82) is 0 Å². The Kier molecular flexibility index (Phi) is 5.14. The van der Waals surface area contributed by atoms with Crippen LogP contribution in [0.5, 0.6) is 0 Å². The minimum atomic E-state index is -3.53. The number of hydrogen-bond donors (Lipinski definition) is 2. The average Bonchev–Trinajstić information content (AvgIpc) is 2.48. The zero-order valence-electron chi connectivity index (χ0n) is 11.8. The molecule has 5 nitrogen and oxygen atoms in total. The van der Waals surface area contributed by atoms with Crippen molar-refractivity contribution in [3.8, 4) is 0 Å². The first kappa shape index (κ1) is 15.7. The standard InChI is InChI=1S/C15H20N2O3S/c16-15(18)13-6-8-14(9-7-13)21(19,20)17-11-10-12-4-2-1-3-5-12/h4,6-9,17H,1-3,5,10-11H2,(H2,16,18). The summed E-state index contributed by atoms with van der Waals surface area (Å²) in [5, 5.41) is 0. The van der Waals surface area contributed by atoms with Crippen LogP contribution in [0.3, 0.4) is 0 Å². The molecule has 0 spiro atoms. The second kappa shape index (κ2) is 6.87. The van der Waals surface area contributed by atoms with E-state index < -0.39 is 15.9 Å². The van der Waals surface area contributed by atoms with E-state index in [9.17, 15) is 13.2 Å². The molecule has 0 unspecified atom stereocenters. The second-order valence-electron chi connectivity index (χ2n) is 5.14. The predicted molar refractivity (Wildman–Crippen MR) is 81.3 cm³/mol. The van der Waals surface area contributed by atoms with Crippen LogP contribution in [0.25, 0.3) is 0 Å². The fraction of sp³-hybridized carbons (Fsp3) is 0.400. The summed E-state index contributed by atoms with van der Waals surface area (Å²) >= 11 is 0. The summed E-state index contributed by atoms with van der Waals surface area (Å²) in [5.74, 6) is -0.573. The Labute approximate surface area is 125 Å². The van der Waals surface area contributed by atoms with Gasteiger partial charge in [0.2, 0.25) is 15.9 Å². The Balaban J connectivity index is 1.94. The molecule has 0 saturated heterocycles. The first-order valence-electron chi connectivity index (χ1n) is 7.06. The number of amides is 1. The Hall–Kier alpha value is -1.66. The lowest BCUT2D eigenvalue weighted by Crippen LogP contribution is -2.25. The number of hydrogen-bond acceptors (Lipinski definition) is 3. The van der Waals surface area contributed by atoms with Gasteiger partial charge in [0.1, 0.15) is 0 Å². The number of carbonyl (C=O) groups excluding carboxylic acids is 1. The molecule has 0 heterocycles. The van der Waals surface area contributed by atoms with Crippen molar-refractivity contribution in [1.82, 2.24) is 4.72 Å². The van der Waals surface area contributed by atoms with Gasteiger partial charge in [-0.3, -0.25) is 4.79 Å². The molecule has 1 aromatic carbocycles. The SMILES string of the molecule is NC(=O)c1ccc(S(=O)(=O)NCCC2=CCCCC2)cc1. The summed E-state index contributed by atoms with van der Waals surface area (Å²) in [6.45, 7) is 0.395. The lowest BCUT2D eigenvalue weighted by molar-refractivity contribution is 0.1000. The highest BCUT2D eigenvalue weighted by molar-refractivity contribution is 7.89. The average molecular weight is 308 g/mol. The molecule has 0 aromatic heterocycles. The van der Waals surface area contributed by atoms with Crippen LogP contribution in [-0.4, -0.2) is 20.9 Å². The van der Waals surface area contributed by atoms with Gasteiger partial charge in [0.15, 0.2) is 0 Å². The molecule has 21 heavy (non-hydrogen) atoms. The molecular weight excluding hydrogens is 288 g/mol. The highest BCUT2D eigenvalue weighted by Gasteiger charge is 2.14. The van der Waals surface area contributed by atoms with E-state index in [1.54, 1.807) is 0 Å². The normalized spacial score (nSPS) is 15.5. The van der Waals surface area contributed by atoms with E-state index >= 15 is 0 Å². The van der Waals surface area contributed by atoms with E-state index in [1.807, 2.05) is 0 Å². The van der Waals surface area contributed by atoms with E-state index in [1.165, 1.54) is 42.7 Å². The van der Waals surface area contributed by atoms with Gasteiger partial charge in [-0.15, -0.1) is 0 Å². The third-order valence-electron chi connectivity index (χ3n) is 3.57.